The molecule has 0 rings (SSSR count). The number of hydrogen-bond donors (Lipinski definition) is 2. The lowest BCUT2D eigenvalue weighted by Gasteiger charge is -2.18. The fourth-order valence-corrected chi connectivity index (χ4v) is 7.13. The Hall–Kier alpha value is -1.47. The van der Waals surface area contributed by atoms with Crippen molar-refractivity contribution >= 4 is 19.8 Å². The van der Waals surface area contributed by atoms with Crippen LogP contribution in [0.2, 0.25) is 0 Å². The third kappa shape index (κ3) is 45.1. The topological polar surface area (TPSA) is 119 Å². The van der Waals surface area contributed by atoms with Crippen molar-refractivity contribution in [3.63, 3.8) is 0 Å². The first-order valence-electron chi connectivity index (χ1n) is 23.1. The summed E-state index contributed by atoms with van der Waals surface area (Å²) >= 11 is 0. The van der Waals surface area contributed by atoms with E-state index in [0.717, 1.165) is 38.5 Å². The van der Waals surface area contributed by atoms with Crippen molar-refractivity contribution in [3.05, 3.63) is 24.3 Å². The number of allylic oxidation sites excluding steroid dienone is 4. The lowest BCUT2D eigenvalue weighted by atomic mass is 10.0. The molecular weight excluding hydrogens is 711 g/mol. The molecule has 0 aromatic rings. The molecule has 0 heterocycles. The highest BCUT2D eigenvalue weighted by molar-refractivity contribution is 7.46. The summed E-state index contributed by atoms with van der Waals surface area (Å²) in [6.45, 7) is 3.68. The predicted octanol–water partition coefficient (Wildman–Crippen LogP) is 14.4. The Morgan fingerprint density at radius 1 is 0.473 bits per heavy atom. The summed E-state index contributed by atoms with van der Waals surface area (Å²) in [5.74, 6) is -0.925. The molecule has 0 radical (unpaired) electrons. The van der Waals surface area contributed by atoms with Gasteiger partial charge in [-0.15, -0.1) is 0 Å². The maximum atomic E-state index is 12.4. The van der Waals surface area contributed by atoms with Gasteiger partial charge in [-0.05, 0) is 38.5 Å². The molecular formula is C46H87O8P. The Morgan fingerprint density at radius 2 is 0.836 bits per heavy atom. The normalized spacial score (nSPS) is 12.6. The highest BCUT2D eigenvalue weighted by atomic mass is 31.2. The summed E-state index contributed by atoms with van der Waals surface area (Å²) < 4.78 is 26.4. The van der Waals surface area contributed by atoms with E-state index in [0.29, 0.717) is 12.8 Å². The van der Waals surface area contributed by atoms with Gasteiger partial charge in [-0.3, -0.25) is 14.1 Å². The van der Waals surface area contributed by atoms with Gasteiger partial charge in [0.05, 0.1) is 6.61 Å². The molecule has 0 saturated heterocycles. The fraction of sp³-hybridized carbons (Fsp3) is 0.870. The summed E-state index contributed by atoms with van der Waals surface area (Å²) in [6.07, 6.45) is 49.1. The molecule has 1 atom stereocenters. The van der Waals surface area contributed by atoms with Gasteiger partial charge in [-0.1, -0.05) is 212 Å². The van der Waals surface area contributed by atoms with Gasteiger partial charge in [0.2, 0.25) is 0 Å². The Bertz CT molecular complexity index is 946. The molecule has 0 amide bonds. The van der Waals surface area contributed by atoms with Crippen LogP contribution in [0.3, 0.4) is 0 Å². The van der Waals surface area contributed by atoms with Crippen LogP contribution >= 0.6 is 7.82 Å². The highest BCUT2D eigenvalue weighted by Gasteiger charge is 2.22. The Labute approximate surface area is 339 Å². The third-order valence-corrected chi connectivity index (χ3v) is 10.7. The van der Waals surface area contributed by atoms with Gasteiger partial charge < -0.3 is 19.3 Å². The summed E-state index contributed by atoms with van der Waals surface area (Å²) in [5, 5.41) is 0. The molecule has 0 bridgehead atoms. The summed E-state index contributed by atoms with van der Waals surface area (Å²) in [6, 6.07) is 0. The van der Waals surface area contributed by atoms with E-state index in [-0.39, 0.29) is 19.4 Å². The van der Waals surface area contributed by atoms with Crippen LogP contribution in [-0.2, 0) is 28.2 Å². The quantitative estimate of drug-likeness (QED) is 0.0271. The molecule has 0 aliphatic carbocycles. The van der Waals surface area contributed by atoms with Crippen molar-refractivity contribution in [2.75, 3.05) is 13.2 Å². The minimum absolute atomic E-state index is 0.207. The molecule has 2 N–H and O–H groups in total. The number of ether oxygens (including phenoxy) is 2. The second-order valence-electron chi connectivity index (χ2n) is 15.7. The third-order valence-electron chi connectivity index (χ3n) is 10.2. The Balaban J connectivity index is 3.88. The van der Waals surface area contributed by atoms with Crippen molar-refractivity contribution in [2.24, 2.45) is 0 Å². The SMILES string of the molecule is CCCCCCCCCCC/C=C/C/C=C/CCCC(=O)OC[C@H](COP(=O)(O)O)OC(=O)CCCCCCCCCCCCCCCCCCCCCC. The van der Waals surface area contributed by atoms with E-state index in [1.807, 2.05) is 0 Å². The summed E-state index contributed by atoms with van der Waals surface area (Å²) in [7, 11) is -4.76. The molecule has 55 heavy (non-hydrogen) atoms. The molecule has 0 aromatic heterocycles. The van der Waals surface area contributed by atoms with E-state index in [9.17, 15) is 14.2 Å². The molecule has 9 heteroatoms. The van der Waals surface area contributed by atoms with Gasteiger partial charge in [0.1, 0.15) is 6.61 Å². The van der Waals surface area contributed by atoms with Crippen molar-refractivity contribution in [3.8, 4) is 0 Å². The molecule has 324 valence electrons. The van der Waals surface area contributed by atoms with Crippen molar-refractivity contribution in [2.45, 2.75) is 245 Å². The van der Waals surface area contributed by atoms with Crippen LogP contribution in [0.5, 0.6) is 0 Å². The van der Waals surface area contributed by atoms with E-state index >= 15 is 0 Å². The maximum Gasteiger partial charge on any atom is 0.469 e. The number of carbonyl (C=O) groups is 2. The van der Waals surface area contributed by atoms with Gasteiger partial charge in [-0.25, -0.2) is 4.57 Å². The van der Waals surface area contributed by atoms with E-state index in [1.165, 1.54) is 161 Å². The van der Waals surface area contributed by atoms with Crippen LogP contribution in [0.15, 0.2) is 24.3 Å². The van der Waals surface area contributed by atoms with Crippen LogP contribution in [0.1, 0.15) is 239 Å². The van der Waals surface area contributed by atoms with E-state index < -0.39 is 32.5 Å². The first kappa shape index (κ1) is 53.5. The molecule has 0 aromatic carbocycles. The predicted molar refractivity (Wildman–Crippen MR) is 230 cm³/mol. The van der Waals surface area contributed by atoms with Crippen molar-refractivity contribution in [1.82, 2.24) is 0 Å². The van der Waals surface area contributed by atoms with Crippen LogP contribution in [0.25, 0.3) is 0 Å². The van der Waals surface area contributed by atoms with E-state index in [2.05, 4.69) is 42.7 Å². The van der Waals surface area contributed by atoms with Crippen molar-refractivity contribution < 1.29 is 37.9 Å². The molecule has 0 aliphatic rings. The lowest BCUT2D eigenvalue weighted by molar-refractivity contribution is -0.161. The molecule has 0 spiro atoms. The van der Waals surface area contributed by atoms with Gasteiger partial charge in [0.15, 0.2) is 6.10 Å². The van der Waals surface area contributed by atoms with Crippen LogP contribution in [0.4, 0.5) is 0 Å². The number of hydrogen-bond acceptors (Lipinski definition) is 6. The zero-order valence-electron chi connectivity index (χ0n) is 35.8. The Kier molecular flexibility index (Phi) is 41.0. The summed E-state index contributed by atoms with van der Waals surface area (Å²) in [4.78, 5) is 42.9. The fourth-order valence-electron chi connectivity index (χ4n) is 6.77. The summed E-state index contributed by atoms with van der Waals surface area (Å²) in [5.41, 5.74) is 0. The molecule has 0 saturated carbocycles. The van der Waals surface area contributed by atoms with Crippen LogP contribution in [-0.4, -0.2) is 41.0 Å². The Morgan fingerprint density at radius 3 is 1.25 bits per heavy atom. The minimum atomic E-state index is -4.76. The van der Waals surface area contributed by atoms with E-state index in [1.54, 1.807) is 0 Å². The smallest absolute Gasteiger partial charge is 0.462 e. The minimum Gasteiger partial charge on any atom is -0.462 e. The molecule has 0 unspecified atom stereocenters. The van der Waals surface area contributed by atoms with Crippen LogP contribution in [0, 0.1) is 0 Å². The molecule has 0 aliphatic heterocycles. The average Bonchev–Trinajstić information content (AvgIpc) is 3.16. The number of phosphoric ester groups is 1. The first-order valence-corrected chi connectivity index (χ1v) is 24.7. The number of unbranched alkanes of at least 4 members (excludes halogenated alkanes) is 29. The second-order valence-corrected chi connectivity index (χ2v) is 17.0. The van der Waals surface area contributed by atoms with Crippen LogP contribution < -0.4 is 0 Å². The highest BCUT2D eigenvalue weighted by Crippen LogP contribution is 2.36. The number of rotatable bonds is 43. The lowest BCUT2D eigenvalue weighted by Crippen LogP contribution is -2.29. The number of phosphoric acid groups is 1. The van der Waals surface area contributed by atoms with Gasteiger partial charge in [-0.2, -0.15) is 0 Å². The maximum absolute atomic E-state index is 12.4. The zero-order chi connectivity index (χ0) is 40.3. The van der Waals surface area contributed by atoms with Gasteiger partial charge >= 0.3 is 19.8 Å². The number of esters is 2. The average molecular weight is 799 g/mol. The van der Waals surface area contributed by atoms with E-state index in [4.69, 9.17) is 19.3 Å². The van der Waals surface area contributed by atoms with Gasteiger partial charge in [0, 0.05) is 12.8 Å². The second kappa shape index (κ2) is 42.1. The number of carbonyl (C=O) groups excluding carboxylic acids is 2. The first-order chi connectivity index (χ1) is 26.8. The standard InChI is InChI=1S/C46H87O8P/c1-3-5-7-9-11-13-15-17-19-21-22-23-25-27-29-31-33-35-37-39-41-46(48)54-44(43-53-55(49,50)51)42-52-45(47)40-38-36-34-32-30-28-26-24-20-18-16-14-12-10-8-6-4-2/h26,28,32,34,44H,3-25,27,29-31,33,35-43H2,1-2H3,(H2,49,50,51)/b28-26+,34-32+/t44-/m1/s1. The molecule has 0 fully saturated rings. The molecule has 8 nitrogen and oxygen atoms in total. The monoisotopic (exact) mass is 799 g/mol. The van der Waals surface area contributed by atoms with Crippen molar-refractivity contribution in [1.29, 1.82) is 0 Å². The van der Waals surface area contributed by atoms with Gasteiger partial charge in [0.25, 0.3) is 0 Å². The largest absolute Gasteiger partial charge is 0.469 e. The zero-order valence-corrected chi connectivity index (χ0v) is 36.7.